The third-order valence-corrected chi connectivity index (χ3v) is 0. The van der Waals surface area contributed by atoms with E-state index in [1.807, 2.05) is 0 Å². The molecule has 64 valence electrons. The Hall–Kier alpha value is -1.68. The van der Waals surface area contributed by atoms with Gasteiger partial charge in [-0.1, -0.05) is 0 Å². The van der Waals surface area contributed by atoms with Crippen LogP contribution in [0.4, 0.5) is 0 Å². The molecule has 0 N–H and O–H groups in total. The first-order chi connectivity index (χ1) is 5.66. The Morgan fingerprint density at radius 3 is 0.538 bits per heavy atom. The van der Waals surface area contributed by atoms with Gasteiger partial charge >= 0.3 is 23.9 Å². The van der Waals surface area contributed by atoms with Gasteiger partial charge in [0.1, 0.15) is 0 Å². The van der Waals surface area contributed by atoms with Gasteiger partial charge in [-0.15, -0.1) is 0 Å². The average molecular weight is 287 g/mol. The standard InChI is InChI=1S/4CNO.Sn/c4*2-1-3;/q4*-1;+4. The van der Waals surface area contributed by atoms with Gasteiger partial charge < -0.3 is 21.6 Å². The minimum Gasteiger partial charge on any atom is -0.724 e. The van der Waals surface area contributed by atoms with Gasteiger partial charge in [-0.25, -0.2) is 0 Å². The predicted molar refractivity (Wildman–Crippen MR) is 42.0 cm³/mol. The van der Waals surface area contributed by atoms with Gasteiger partial charge in [-0.05, 0) is 24.3 Å². The van der Waals surface area contributed by atoms with E-state index < -0.39 is 0 Å². The van der Waals surface area contributed by atoms with E-state index in [-0.39, 0.29) is 23.9 Å². The summed E-state index contributed by atoms with van der Waals surface area (Å²) in [5, 5.41) is 27.1. The summed E-state index contributed by atoms with van der Waals surface area (Å²) in [7, 11) is 0. The van der Waals surface area contributed by atoms with Gasteiger partial charge in [0.15, 0.2) is 0 Å². The first kappa shape index (κ1) is 30.2. The summed E-state index contributed by atoms with van der Waals surface area (Å²) in [5.41, 5.74) is 0. The maximum Gasteiger partial charge on any atom is 4.00 e. The molecule has 8 nitrogen and oxygen atoms in total. The zero-order valence-electron chi connectivity index (χ0n) is 5.92. The molecular formula is C4N4O4Sn. The summed E-state index contributed by atoms with van der Waals surface area (Å²) in [6.45, 7) is 0. The van der Waals surface area contributed by atoms with E-state index in [9.17, 15) is 0 Å². The molecule has 0 bridgehead atoms. The second-order valence-electron chi connectivity index (χ2n) is 0.365. The molecule has 0 aromatic carbocycles. The van der Waals surface area contributed by atoms with Gasteiger partial charge in [0, 0.05) is 0 Å². The number of carbonyl (C=O) groups excluding carboxylic acids is 4. The molecule has 0 aromatic rings. The molecule has 0 aliphatic heterocycles. The van der Waals surface area contributed by atoms with Crippen LogP contribution in [0.1, 0.15) is 0 Å². The molecule has 0 saturated heterocycles. The van der Waals surface area contributed by atoms with E-state index in [0.717, 1.165) is 0 Å². The zero-order valence-corrected chi connectivity index (χ0v) is 8.78. The summed E-state index contributed by atoms with van der Waals surface area (Å²) in [6.07, 6.45) is 2.00. The van der Waals surface area contributed by atoms with E-state index in [2.05, 4.69) is 0 Å². The van der Waals surface area contributed by atoms with Gasteiger partial charge in [0.2, 0.25) is 0 Å². The van der Waals surface area contributed by atoms with Crippen LogP contribution in [0.25, 0.3) is 21.6 Å². The summed E-state index contributed by atoms with van der Waals surface area (Å²) in [6, 6.07) is 0. The van der Waals surface area contributed by atoms with Crippen LogP contribution >= 0.6 is 0 Å². The largest absolute Gasteiger partial charge is 4.00 e. The van der Waals surface area contributed by atoms with Crippen LogP contribution in [0.5, 0.6) is 0 Å². The molecular weight excluding hydrogens is 287 g/mol. The smallest absolute Gasteiger partial charge is 0.724 e. The molecule has 0 heterocycles. The summed E-state index contributed by atoms with van der Waals surface area (Å²) in [5.74, 6) is 0. The first-order valence-electron chi connectivity index (χ1n) is 1.71. The van der Waals surface area contributed by atoms with Gasteiger partial charge in [-0.3, -0.25) is 19.2 Å². The van der Waals surface area contributed by atoms with Crippen LogP contribution in [0.2, 0.25) is 0 Å². The number of nitrogens with zero attached hydrogens (tertiary/aromatic N) is 4. The molecule has 0 amide bonds. The number of hydrogen-bond donors (Lipinski definition) is 0. The first-order valence-corrected chi connectivity index (χ1v) is 1.71. The van der Waals surface area contributed by atoms with E-state index >= 15 is 0 Å². The Bertz CT molecular complexity index is 156. The van der Waals surface area contributed by atoms with Crippen molar-refractivity contribution in [3.63, 3.8) is 0 Å². The van der Waals surface area contributed by atoms with Crippen LogP contribution in [-0.4, -0.2) is 48.2 Å². The zero-order chi connectivity index (χ0) is 10.8. The van der Waals surface area contributed by atoms with Crippen LogP contribution in [0.3, 0.4) is 0 Å². The maximum atomic E-state index is 8.24. The topological polar surface area (TPSA) is 157 Å². The average Bonchev–Trinajstić information content (AvgIpc) is 1.92. The Morgan fingerprint density at radius 1 is 0.538 bits per heavy atom. The van der Waals surface area contributed by atoms with E-state index in [0.29, 0.717) is 24.3 Å². The predicted octanol–water partition coefficient (Wildman–Crippen LogP) is -0.814. The number of isocyanates is 4. The molecule has 0 saturated carbocycles. The van der Waals surface area contributed by atoms with Gasteiger partial charge in [-0.2, -0.15) is 0 Å². The maximum absolute atomic E-state index is 8.24. The molecule has 0 spiro atoms. The van der Waals surface area contributed by atoms with E-state index in [1.165, 1.54) is 0 Å². The Balaban J connectivity index is -0.0000000213. The number of hydrogen-bond acceptors (Lipinski definition) is 4. The fourth-order valence-corrected chi connectivity index (χ4v) is 0. The Morgan fingerprint density at radius 2 is 0.538 bits per heavy atom. The third-order valence-electron chi connectivity index (χ3n) is 0. The van der Waals surface area contributed by atoms with Crippen LogP contribution in [-0.2, 0) is 19.2 Å². The molecule has 0 aromatic heterocycles. The second kappa shape index (κ2) is 167. The molecule has 0 fully saturated rings. The number of rotatable bonds is 0. The quantitative estimate of drug-likeness (QED) is 0.324. The van der Waals surface area contributed by atoms with Gasteiger partial charge in [0.25, 0.3) is 0 Å². The Kier molecular flexibility index (Phi) is 387. The molecule has 0 radical (unpaired) electrons. The minimum absolute atomic E-state index is 0. The molecule has 0 aliphatic carbocycles. The summed E-state index contributed by atoms with van der Waals surface area (Å²) < 4.78 is 0. The normalized spacial score (nSPS) is 2.46. The summed E-state index contributed by atoms with van der Waals surface area (Å²) >= 11 is 0. The third kappa shape index (κ3) is 253. The van der Waals surface area contributed by atoms with Crippen molar-refractivity contribution >= 4 is 48.2 Å². The van der Waals surface area contributed by atoms with Crippen molar-refractivity contribution in [2.45, 2.75) is 0 Å². The van der Waals surface area contributed by atoms with Crippen molar-refractivity contribution < 1.29 is 19.2 Å². The Labute approximate surface area is 89.3 Å². The fourth-order valence-electron chi connectivity index (χ4n) is 0. The van der Waals surface area contributed by atoms with Crippen molar-refractivity contribution in [2.24, 2.45) is 0 Å². The minimum atomic E-state index is 0. The SMILES string of the molecule is [N-]=C=O.[N-]=C=O.[N-]=C=O.[N-]=C=O.[Sn+4]. The van der Waals surface area contributed by atoms with Gasteiger partial charge in [0.05, 0.1) is 0 Å². The second-order valence-corrected chi connectivity index (χ2v) is 0.365. The molecule has 0 rings (SSSR count). The molecule has 9 heteroatoms. The van der Waals surface area contributed by atoms with Crippen molar-refractivity contribution in [3.05, 3.63) is 21.6 Å². The molecule has 13 heavy (non-hydrogen) atoms. The monoisotopic (exact) mass is 288 g/mol. The van der Waals surface area contributed by atoms with Crippen molar-refractivity contribution in [1.82, 2.24) is 0 Å². The fraction of sp³-hybridized carbons (Fsp3) is 0. The van der Waals surface area contributed by atoms with E-state index in [1.54, 1.807) is 0 Å². The van der Waals surface area contributed by atoms with Crippen molar-refractivity contribution in [1.29, 1.82) is 0 Å². The summed E-state index contributed by atoms with van der Waals surface area (Å²) in [4.78, 5) is 32.9. The van der Waals surface area contributed by atoms with Crippen LogP contribution in [0.15, 0.2) is 0 Å². The molecule has 0 unspecified atom stereocenters. The van der Waals surface area contributed by atoms with Crippen molar-refractivity contribution in [3.8, 4) is 0 Å². The van der Waals surface area contributed by atoms with Crippen LogP contribution < -0.4 is 0 Å². The molecule has 0 aliphatic rings. The van der Waals surface area contributed by atoms with E-state index in [4.69, 9.17) is 40.8 Å². The van der Waals surface area contributed by atoms with Crippen LogP contribution in [0, 0.1) is 0 Å². The van der Waals surface area contributed by atoms with Crippen molar-refractivity contribution in [2.75, 3.05) is 0 Å². The molecule has 0 atom stereocenters.